The normalized spacial score (nSPS) is 14.0. The summed E-state index contributed by atoms with van der Waals surface area (Å²) in [7, 11) is 1.60. The van der Waals surface area contributed by atoms with Crippen LogP contribution in [0.15, 0.2) is 36.5 Å². The van der Waals surface area contributed by atoms with Gasteiger partial charge in [-0.1, -0.05) is 0 Å². The molecular weight excluding hydrogens is 332 g/mol. The monoisotopic (exact) mass is 356 g/mol. The van der Waals surface area contributed by atoms with Gasteiger partial charge in [0.1, 0.15) is 23.1 Å². The molecule has 0 radical (unpaired) electrons. The second-order valence-corrected chi connectivity index (χ2v) is 6.12. The number of aromatic nitrogens is 2. The highest BCUT2D eigenvalue weighted by atomic mass is 16.5. The lowest BCUT2D eigenvalue weighted by atomic mass is 10.1. The molecule has 1 aromatic carbocycles. The number of ether oxygens (including phenoxy) is 2. The molecule has 1 fully saturated rings. The van der Waals surface area contributed by atoms with Crippen LogP contribution < -0.4 is 19.7 Å². The zero-order valence-electron chi connectivity index (χ0n) is 15.0. The van der Waals surface area contributed by atoms with Gasteiger partial charge in [-0.15, -0.1) is 0 Å². The van der Waals surface area contributed by atoms with Crippen molar-refractivity contribution in [1.29, 1.82) is 0 Å². The number of nitrogens with one attached hydrogen (secondary N) is 1. The number of methoxy groups -OCH3 is 1. The second-order valence-electron chi connectivity index (χ2n) is 6.12. The summed E-state index contributed by atoms with van der Waals surface area (Å²) in [5.74, 6) is 2.67. The van der Waals surface area contributed by atoms with E-state index in [2.05, 4.69) is 20.2 Å². The van der Waals surface area contributed by atoms with Gasteiger partial charge in [0.05, 0.1) is 13.7 Å². The van der Waals surface area contributed by atoms with Crippen molar-refractivity contribution >= 4 is 11.7 Å². The number of benzene rings is 1. The summed E-state index contributed by atoms with van der Waals surface area (Å²) in [5, 5.41) is 2.79. The molecule has 3 rings (SSSR count). The van der Waals surface area contributed by atoms with E-state index in [9.17, 15) is 4.79 Å². The lowest BCUT2D eigenvalue weighted by Gasteiger charge is -2.27. The molecule has 1 N–H and O–H groups in total. The molecule has 7 heteroatoms. The van der Waals surface area contributed by atoms with E-state index < -0.39 is 0 Å². The van der Waals surface area contributed by atoms with Crippen LogP contribution in [0.25, 0.3) is 0 Å². The molecule has 26 heavy (non-hydrogen) atoms. The third kappa shape index (κ3) is 5.08. The van der Waals surface area contributed by atoms with Gasteiger partial charge in [0.2, 0.25) is 0 Å². The van der Waals surface area contributed by atoms with E-state index in [1.165, 1.54) is 19.3 Å². The number of hydrogen-bond donors (Lipinski definition) is 1. The Bertz CT molecular complexity index is 715. The molecule has 0 aliphatic carbocycles. The summed E-state index contributed by atoms with van der Waals surface area (Å²) in [6.45, 7) is 2.28. The van der Waals surface area contributed by atoms with Crippen LogP contribution >= 0.6 is 0 Å². The first kappa shape index (κ1) is 18.0. The second kappa shape index (κ2) is 9.03. The van der Waals surface area contributed by atoms with Crippen LogP contribution in [0.2, 0.25) is 0 Å². The average molecular weight is 356 g/mol. The van der Waals surface area contributed by atoms with E-state index in [1.54, 1.807) is 37.6 Å². The first-order chi connectivity index (χ1) is 12.7. The Labute approximate surface area is 153 Å². The molecule has 1 aliphatic rings. The summed E-state index contributed by atoms with van der Waals surface area (Å²) in [6, 6.07) is 9.01. The summed E-state index contributed by atoms with van der Waals surface area (Å²) in [5.41, 5.74) is 0. The first-order valence-electron chi connectivity index (χ1n) is 8.85. The molecule has 0 spiro atoms. The predicted molar refractivity (Wildman–Crippen MR) is 98.4 cm³/mol. The highest BCUT2D eigenvalue weighted by Crippen LogP contribution is 2.17. The quantitative estimate of drug-likeness (QED) is 0.819. The largest absolute Gasteiger partial charge is 0.497 e. The molecule has 1 amide bonds. The molecule has 0 saturated carbocycles. The van der Waals surface area contributed by atoms with Gasteiger partial charge >= 0.3 is 0 Å². The van der Waals surface area contributed by atoms with Crippen LogP contribution in [0.5, 0.6) is 11.5 Å². The van der Waals surface area contributed by atoms with Crippen LogP contribution in [-0.2, 0) is 11.3 Å². The highest BCUT2D eigenvalue weighted by Gasteiger charge is 2.13. The standard InChI is InChI=1S/C19H24N4O3/c1-25-15-5-7-16(8-6-15)26-14-19(24)21-13-17-20-10-9-18(22-17)23-11-3-2-4-12-23/h5-10H,2-4,11-14H2,1H3,(H,21,24). The van der Waals surface area contributed by atoms with Crippen molar-refractivity contribution in [3.63, 3.8) is 0 Å². The van der Waals surface area contributed by atoms with Gasteiger partial charge in [0, 0.05) is 19.3 Å². The SMILES string of the molecule is COc1ccc(OCC(=O)NCc2nccc(N3CCCCC3)n2)cc1. The smallest absolute Gasteiger partial charge is 0.258 e. The topological polar surface area (TPSA) is 76.6 Å². The van der Waals surface area contributed by atoms with Gasteiger partial charge in [-0.2, -0.15) is 0 Å². The molecule has 0 unspecified atom stereocenters. The zero-order valence-corrected chi connectivity index (χ0v) is 15.0. The van der Waals surface area contributed by atoms with Crippen molar-refractivity contribution in [2.45, 2.75) is 25.8 Å². The van der Waals surface area contributed by atoms with Crippen molar-refractivity contribution in [3.05, 3.63) is 42.4 Å². The average Bonchev–Trinajstić information content (AvgIpc) is 2.72. The third-order valence-corrected chi connectivity index (χ3v) is 4.24. The fraction of sp³-hybridized carbons (Fsp3) is 0.421. The van der Waals surface area contributed by atoms with E-state index in [0.717, 1.165) is 24.7 Å². The Morgan fingerprint density at radius 2 is 1.85 bits per heavy atom. The van der Waals surface area contributed by atoms with E-state index in [1.807, 2.05) is 6.07 Å². The fourth-order valence-electron chi connectivity index (χ4n) is 2.82. The van der Waals surface area contributed by atoms with Crippen molar-refractivity contribution in [2.75, 3.05) is 31.7 Å². The zero-order chi connectivity index (χ0) is 18.2. The Morgan fingerprint density at radius 3 is 2.58 bits per heavy atom. The number of carbonyl (C=O) groups is 1. The Balaban J connectivity index is 1.46. The van der Waals surface area contributed by atoms with Crippen molar-refractivity contribution in [2.24, 2.45) is 0 Å². The van der Waals surface area contributed by atoms with Crippen LogP contribution in [0.3, 0.4) is 0 Å². The summed E-state index contributed by atoms with van der Waals surface area (Å²) in [6.07, 6.45) is 5.41. The van der Waals surface area contributed by atoms with Gasteiger partial charge in [-0.25, -0.2) is 9.97 Å². The fourth-order valence-corrected chi connectivity index (χ4v) is 2.82. The number of hydrogen-bond acceptors (Lipinski definition) is 6. The predicted octanol–water partition coefficient (Wildman–Crippen LogP) is 2.17. The van der Waals surface area contributed by atoms with E-state index in [4.69, 9.17) is 9.47 Å². The van der Waals surface area contributed by atoms with Crippen LogP contribution in [-0.4, -0.2) is 42.7 Å². The number of amides is 1. The molecule has 0 atom stereocenters. The van der Waals surface area contributed by atoms with Crippen LogP contribution in [0, 0.1) is 0 Å². The van der Waals surface area contributed by atoms with Gasteiger partial charge < -0.3 is 19.7 Å². The number of rotatable bonds is 7. The third-order valence-electron chi connectivity index (χ3n) is 4.24. The summed E-state index contributed by atoms with van der Waals surface area (Å²) in [4.78, 5) is 23.0. The van der Waals surface area contributed by atoms with Crippen LogP contribution in [0.1, 0.15) is 25.1 Å². The summed E-state index contributed by atoms with van der Waals surface area (Å²) >= 11 is 0. The Hall–Kier alpha value is -2.83. The highest BCUT2D eigenvalue weighted by molar-refractivity contribution is 5.77. The molecule has 138 valence electrons. The van der Waals surface area contributed by atoms with Gasteiger partial charge in [-0.05, 0) is 49.6 Å². The van der Waals surface area contributed by atoms with Gasteiger partial charge in [-0.3, -0.25) is 4.79 Å². The lowest BCUT2D eigenvalue weighted by molar-refractivity contribution is -0.123. The van der Waals surface area contributed by atoms with Crippen molar-refractivity contribution in [3.8, 4) is 11.5 Å². The van der Waals surface area contributed by atoms with Crippen molar-refractivity contribution in [1.82, 2.24) is 15.3 Å². The maximum Gasteiger partial charge on any atom is 0.258 e. The number of anilines is 1. The maximum absolute atomic E-state index is 12.0. The minimum atomic E-state index is -0.215. The first-order valence-corrected chi connectivity index (χ1v) is 8.85. The summed E-state index contributed by atoms with van der Waals surface area (Å²) < 4.78 is 10.5. The van der Waals surface area contributed by atoms with Crippen LogP contribution in [0.4, 0.5) is 5.82 Å². The maximum atomic E-state index is 12.0. The molecule has 2 heterocycles. The Kier molecular flexibility index (Phi) is 6.24. The minimum absolute atomic E-state index is 0.0574. The van der Waals surface area contributed by atoms with Gasteiger partial charge in [0.15, 0.2) is 6.61 Å². The van der Waals surface area contributed by atoms with Gasteiger partial charge in [0.25, 0.3) is 5.91 Å². The number of carbonyl (C=O) groups excluding carboxylic acids is 1. The molecule has 1 aromatic heterocycles. The minimum Gasteiger partial charge on any atom is -0.497 e. The molecule has 1 aliphatic heterocycles. The number of nitrogens with zero attached hydrogens (tertiary/aromatic N) is 3. The molecular formula is C19H24N4O3. The Morgan fingerprint density at radius 1 is 1.12 bits per heavy atom. The lowest BCUT2D eigenvalue weighted by Crippen LogP contribution is -2.31. The molecule has 7 nitrogen and oxygen atoms in total. The number of piperidine rings is 1. The van der Waals surface area contributed by atoms with E-state index in [0.29, 0.717) is 11.6 Å². The van der Waals surface area contributed by atoms with E-state index >= 15 is 0 Å². The molecule has 2 aromatic rings. The van der Waals surface area contributed by atoms with Crippen molar-refractivity contribution < 1.29 is 14.3 Å². The molecule has 0 bridgehead atoms. The van der Waals surface area contributed by atoms with E-state index in [-0.39, 0.29) is 19.1 Å². The molecule has 1 saturated heterocycles.